The molecule has 0 radical (unpaired) electrons. The molecule has 2 rings (SSSR count). The summed E-state index contributed by atoms with van der Waals surface area (Å²) in [6, 6.07) is 11.1. The molecule has 7 nitrogen and oxygen atoms in total. The number of hydrogen-bond donors (Lipinski definition) is 1. The summed E-state index contributed by atoms with van der Waals surface area (Å²) in [5, 5.41) is 3.36. The molecule has 2 atom stereocenters. The molecule has 1 N–H and O–H groups in total. The Hall–Kier alpha value is -2.29. The molecule has 0 bridgehead atoms. The molecule has 35 heavy (non-hydrogen) atoms. The number of halogens is 2. The van der Waals surface area contributed by atoms with E-state index in [1.807, 2.05) is 52.0 Å². The van der Waals surface area contributed by atoms with Crippen molar-refractivity contribution in [2.45, 2.75) is 59.2 Å². The van der Waals surface area contributed by atoms with E-state index < -0.39 is 28.5 Å². The molecule has 2 unspecified atom stereocenters. The molecule has 2 aromatic carbocycles. The molecule has 0 aliphatic rings. The summed E-state index contributed by atoms with van der Waals surface area (Å²) >= 11 is 12.4. The molecule has 0 fully saturated rings. The number of benzene rings is 2. The molecule has 0 spiro atoms. The van der Waals surface area contributed by atoms with Crippen LogP contribution in [0.5, 0.6) is 0 Å². The fourth-order valence-corrected chi connectivity index (χ4v) is 4.89. The van der Waals surface area contributed by atoms with Crippen LogP contribution in [0, 0.1) is 6.92 Å². The third-order valence-corrected chi connectivity index (χ3v) is 7.53. The zero-order valence-corrected chi connectivity index (χ0v) is 23.0. The molecule has 10 heteroatoms. The van der Waals surface area contributed by atoms with Gasteiger partial charge in [-0.05, 0) is 56.0 Å². The summed E-state index contributed by atoms with van der Waals surface area (Å²) in [7, 11) is -3.90. The summed E-state index contributed by atoms with van der Waals surface area (Å²) in [4.78, 5) is 28.3. The lowest BCUT2D eigenvalue weighted by atomic mass is 10.1. The maximum atomic E-state index is 13.7. The Balaban J connectivity index is 2.50. The second kappa shape index (κ2) is 12.6. The lowest BCUT2D eigenvalue weighted by Gasteiger charge is -2.34. The molecule has 2 amide bonds. The van der Waals surface area contributed by atoms with Crippen molar-refractivity contribution >= 4 is 50.7 Å². The second-order valence-electron chi connectivity index (χ2n) is 8.56. The summed E-state index contributed by atoms with van der Waals surface area (Å²) in [5.74, 6) is -0.809. The average Bonchev–Trinajstić information content (AvgIpc) is 2.79. The van der Waals surface area contributed by atoms with Crippen LogP contribution in [0.1, 0.15) is 44.7 Å². The SMILES string of the molecule is CCC(C)NC(=O)C(CC)N(Cc1ccccc1C)C(=O)CN(c1cc(Cl)ccc1Cl)S(C)(=O)=O. The zero-order chi connectivity index (χ0) is 26.3. The summed E-state index contributed by atoms with van der Waals surface area (Å²) in [5.41, 5.74) is 1.92. The van der Waals surface area contributed by atoms with E-state index in [0.717, 1.165) is 28.1 Å². The lowest BCUT2D eigenvalue weighted by molar-refractivity contribution is -0.140. The Morgan fingerprint density at radius 3 is 2.29 bits per heavy atom. The molecule has 0 aliphatic heterocycles. The average molecular weight is 543 g/mol. The van der Waals surface area contributed by atoms with E-state index in [1.54, 1.807) is 0 Å². The molecule has 0 heterocycles. The monoisotopic (exact) mass is 541 g/mol. The van der Waals surface area contributed by atoms with Crippen molar-refractivity contribution in [1.82, 2.24) is 10.2 Å². The van der Waals surface area contributed by atoms with Gasteiger partial charge in [0.15, 0.2) is 0 Å². The molecule has 0 saturated heterocycles. The van der Waals surface area contributed by atoms with E-state index in [4.69, 9.17) is 23.2 Å². The van der Waals surface area contributed by atoms with Crippen LogP contribution in [0.15, 0.2) is 42.5 Å². The molecule has 2 aromatic rings. The van der Waals surface area contributed by atoms with Gasteiger partial charge in [0.25, 0.3) is 0 Å². The van der Waals surface area contributed by atoms with Gasteiger partial charge in [0.05, 0.1) is 17.0 Å². The number of carbonyl (C=O) groups excluding carboxylic acids is 2. The number of nitrogens with zero attached hydrogens (tertiary/aromatic N) is 2. The number of anilines is 1. The van der Waals surface area contributed by atoms with Gasteiger partial charge in [-0.1, -0.05) is 61.3 Å². The first-order valence-electron chi connectivity index (χ1n) is 11.5. The maximum absolute atomic E-state index is 13.7. The standard InChI is InChI=1S/C25H33Cl2N3O4S/c1-6-18(4)28-25(32)22(7-2)29(15-19-11-9-8-10-17(19)3)24(31)16-30(35(5,33)34)23-14-20(26)12-13-21(23)27/h8-14,18,22H,6-7,15-16H2,1-5H3,(H,28,32). The minimum atomic E-state index is -3.90. The number of rotatable bonds is 11. The first-order chi connectivity index (χ1) is 16.4. The van der Waals surface area contributed by atoms with Crippen LogP contribution in [-0.4, -0.2) is 50.0 Å². The fraction of sp³-hybridized carbons (Fsp3) is 0.440. The van der Waals surface area contributed by atoms with Crippen molar-refractivity contribution in [2.75, 3.05) is 17.1 Å². The molecule has 0 saturated carbocycles. The number of aryl methyl sites for hydroxylation is 1. The Bertz CT molecular complexity index is 1160. The van der Waals surface area contributed by atoms with Crippen molar-refractivity contribution in [2.24, 2.45) is 0 Å². The third kappa shape index (κ3) is 7.85. The number of sulfonamides is 1. The lowest BCUT2D eigenvalue weighted by Crippen LogP contribution is -2.53. The smallest absolute Gasteiger partial charge is 0.244 e. The van der Waals surface area contributed by atoms with E-state index in [2.05, 4.69) is 5.32 Å². The van der Waals surface area contributed by atoms with Crippen molar-refractivity contribution in [3.63, 3.8) is 0 Å². The largest absolute Gasteiger partial charge is 0.352 e. The van der Waals surface area contributed by atoms with Crippen LogP contribution < -0.4 is 9.62 Å². The van der Waals surface area contributed by atoms with Crippen LogP contribution in [0.3, 0.4) is 0 Å². The van der Waals surface area contributed by atoms with Crippen molar-refractivity contribution in [1.29, 1.82) is 0 Å². The predicted octanol–water partition coefficient (Wildman–Crippen LogP) is 4.79. The highest BCUT2D eigenvalue weighted by Crippen LogP contribution is 2.31. The van der Waals surface area contributed by atoms with E-state index in [-0.39, 0.29) is 34.2 Å². The summed E-state index contributed by atoms with van der Waals surface area (Å²) in [6.45, 7) is 7.22. The van der Waals surface area contributed by atoms with Crippen LogP contribution >= 0.6 is 23.2 Å². The van der Waals surface area contributed by atoms with Gasteiger partial charge in [-0.25, -0.2) is 8.42 Å². The van der Waals surface area contributed by atoms with Gasteiger partial charge in [0.1, 0.15) is 12.6 Å². The number of carbonyl (C=O) groups is 2. The van der Waals surface area contributed by atoms with Gasteiger partial charge in [-0.15, -0.1) is 0 Å². The topological polar surface area (TPSA) is 86.8 Å². The summed E-state index contributed by atoms with van der Waals surface area (Å²) in [6.07, 6.45) is 2.09. The highest BCUT2D eigenvalue weighted by atomic mass is 35.5. The van der Waals surface area contributed by atoms with Gasteiger partial charge >= 0.3 is 0 Å². The highest BCUT2D eigenvalue weighted by Gasteiger charge is 2.32. The van der Waals surface area contributed by atoms with Crippen LogP contribution in [0.4, 0.5) is 5.69 Å². The van der Waals surface area contributed by atoms with E-state index >= 15 is 0 Å². The van der Waals surface area contributed by atoms with Crippen LogP contribution in [0.2, 0.25) is 10.0 Å². The molecule has 0 aromatic heterocycles. The van der Waals surface area contributed by atoms with Crippen LogP contribution in [-0.2, 0) is 26.2 Å². The van der Waals surface area contributed by atoms with Gasteiger partial charge < -0.3 is 10.2 Å². The Labute approximate surface area is 218 Å². The minimum Gasteiger partial charge on any atom is -0.352 e. The third-order valence-electron chi connectivity index (χ3n) is 5.84. The van der Waals surface area contributed by atoms with Gasteiger partial charge in [-0.3, -0.25) is 13.9 Å². The number of nitrogens with one attached hydrogen (secondary N) is 1. The number of hydrogen-bond acceptors (Lipinski definition) is 4. The summed E-state index contributed by atoms with van der Waals surface area (Å²) < 4.78 is 26.3. The normalized spacial score (nSPS) is 13.1. The first-order valence-corrected chi connectivity index (χ1v) is 14.1. The zero-order valence-electron chi connectivity index (χ0n) is 20.7. The Morgan fingerprint density at radius 2 is 1.71 bits per heavy atom. The van der Waals surface area contributed by atoms with E-state index in [9.17, 15) is 18.0 Å². The van der Waals surface area contributed by atoms with Crippen molar-refractivity contribution < 1.29 is 18.0 Å². The first kappa shape index (κ1) is 28.9. The quantitative estimate of drug-likeness (QED) is 0.443. The Morgan fingerprint density at radius 1 is 1.06 bits per heavy atom. The van der Waals surface area contributed by atoms with Gasteiger partial charge in [0, 0.05) is 17.6 Å². The highest BCUT2D eigenvalue weighted by molar-refractivity contribution is 7.92. The molecule has 0 aliphatic carbocycles. The molecule has 192 valence electrons. The second-order valence-corrected chi connectivity index (χ2v) is 11.3. The van der Waals surface area contributed by atoms with Gasteiger partial charge in [-0.2, -0.15) is 0 Å². The molecular formula is C25H33Cl2N3O4S. The van der Waals surface area contributed by atoms with E-state index in [1.165, 1.54) is 23.1 Å². The minimum absolute atomic E-state index is 0.0650. The van der Waals surface area contributed by atoms with Crippen molar-refractivity contribution in [3.05, 3.63) is 63.6 Å². The molecular weight excluding hydrogens is 509 g/mol. The predicted molar refractivity (Wildman–Crippen MR) is 142 cm³/mol. The maximum Gasteiger partial charge on any atom is 0.244 e. The Kier molecular flexibility index (Phi) is 10.4. The number of amides is 2. The van der Waals surface area contributed by atoms with Crippen LogP contribution in [0.25, 0.3) is 0 Å². The van der Waals surface area contributed by atoms with E-state index in [0.29, 0.717) is 6.42 Å². The van der Waals surface area contributed by atoms with Crippen molar-refractivity contribution in [3.8, 4) is 0 Å². The van der Waals surface area contributed by atoms with Gasteiger partial charge in [0.2, 0.25) is 21.8 Å². The fourth-order valence-electron chi connectivity index (χ4n) is 3.60.